The molecule has 1 heterocycles. The predicted molar refractivity (Wildman–Crippen MR) is 169 cm³/mol. The Labute approximate surface area is 246 Å². The molecule has 0 saturated heterocycles. The summed E-state index contributed by atoms with van der Waals surface area (Å²) >= 11 is 0. The average molecular weight is 558 g/mol. The fourth-order valence-electron chi connectivity index (χ4n) is 4.80. The molecule has 1 aliphatic rings. The number of carbonyl (C=O) groups excluding carboxylic acids is 2. The molecule has 0 unspecified atom stereocenters. The number of aromatic nitrogens is 2. The average Bonchev–Trinajstić information content (AvgIpc) is 3.26. The minimum absolute atomic E-state index is 0.0157. The maximum Gasteiger partial charge on any atom is 0.259 e. The molecule has 1 fully saturated rings. The second-order valence-electron chi connectivity index (χ2n) is 11.1. The van der Waals surface area contributed by atoms with E-state index in [1.54, 1.807) is 29.9 Å². The maximum absolute atomic E-state index is 13.7. The van der Waals surface area contributed by atoms with Crippen LogP contribution in [0.4, 0.5) is 0 Å². The number of nitrogens with one attached hydrogen (secondary N) is 1. The number of benzene rings is 1. The summed E-state index contributed by atoms with van der Waals surface area (Å²) in [4.78, 5) is 29.7. The zero-order chi connectivity index (χ0) is 29.9. The van der Waals surface area contributed by atoms with Gasteiger partial charge in [0, 0.05) is 39.1 Å². The number of likely N-dealkylation sites (N-methyl/N-ethyl adjacent to an activating group) is 2. The molecule has 1 aromatic heterocycles. The van der Waals surface area contributed by atoms with Crippen molar-refractivity contribution in [3.63, 3.8) is 0 Å². The number of hydrogen-bond acceptors (Lipinski definition) is 4. The SMILES string of the molecule is CC/C=C(\C(=C/N(C)CC(=O)N(C)C)NC(=O)c1cnn(/C=C\C=C\CCC)c1C)c1cc(C)ccc1C1CCC1. The fourth-order valence-corrected chi connectivity index (χ4v) is 4.80. The molecule has 0 atom stereocenters. The van der Waals surface area contributed by atoms with E-state index in [9.17, 15) is 9.59 Å². The summed E-state index contributed by atoms with van der Waals surface area (Å²) in [5.74, 6) is 0.273. The predicted octanol–water partition coefficient (Wildman–Crippen LogP) is 6.68. The van der Waals surface area contributed by atoms with E-state index in [1.807, 2.05) is 43.4 Å². The van der Waals surface area contributed by atoms with Crippen LogP contribution in [0.1, 0.15) is 91.0 Å². The highest BCUT2D eigenvalue weighted by molar-refractivity contribution is 5.99. The van der Waals surface area contributed by atoms with Crippen molar-refractivity contribution in [1.82, 2.24) is 24.9 Å². The normalized spacial score (nSPS) is 14.5. The quantitative estimate of drug-likeness (QED) is 0.279. The van der Waals surface area contributed by atoms with E-state index < -0.39 is 0 Å². The van der Waals surface area contributed by atoms with E-state index >= 15 is 0 Å². The Morgan fingerprint density at radius 2 is 1.85 bits per heavy atom. The van der Waals surface area contributed by atoms with E-state index in [2.05, 4.69) is 61.5 Å². The topological polar surface area (TPSA) is 70.5 Å². The molecule has 7 heteroatoms. The molecule has 0 radical (unpaired) electrons. The van der Waals surface area contributed by atoms with Gasteiger partial charge in [-0.3, -0.25) is 9.59 Å². The summed E-state index contributed by atoms with van der Waals surface area (Å²) < 4.78 is 1.72. The Balaban J connectivity index is 2.01. The number of allylic oxidation sites excluding steroid dienone is 5. The molecule has 1 aromatic carbocycles. The number of nitrogens with zero attached hydrogens (tertiary/aromatic N) is 4. The summed E-state index contributed by atoms with van der Waals surface area (Å²) in [7, 11) is 5.36. The molecule has 3 rings (SSSR count). The number of hydrogen-bond donors (Lipinski definition) is 1. The van der Waals surface area contributed by atoms with Gasteiger partial charge in [0.15, 0.2) is 0 Å². The van der Waals surface area contributed by atoms with Gasteiger partial charge in [-0.1, -0.05) is 68.7 Å². The third-order valence-electron chi connectivity index (χ3n) is 7.44. The largest absolute Gasteiger partial charge is 0.369 e. The molecule has 2 amide bonds. The standard InChI is InChI=1S/C34H47N5O2/c1-8-10-11-12-13-20-39-26(4)31(22-35-39)34(41)36-32(23-38(7)24-33(40)37(5)6)29(15-9-2)30-21-25(3)18-19-28(30)27-16-14-17-27/h11-13,15,18-23,27H,8-10,14,16-17,24H2,1-7H3,(H,36,41)/b12-11+,20-13-,29-15-,32-23+. The Bertz CT molecular complexity index is 1320. The van der Waals surface area contributed by atoms with Crippen molar-refractivity contribution < 1.29 is 9.59 Å². The van der Waals surface area contributed by atoms with Crippen LogP contribution in [0.2, 0.25) is 0 Å². The molecule has 220 valence electrons. The van der Waals surface area contributed by atoms with E-state index in [0.29, 0.717) is 17.2 Å². The van der Waals surface area contributed by atoms with Crippen LogP contribution in [0.5, 0.6) is 0 Å². The van der Waals surface area contributed by atoms with Gasteiger partial charge in [-0.2, -0.15) is 5.10 Å². The molecule has 1 aliphatic carbocycles. The smallest absolute Gasteiger partial charge is 0.259 e. The third-order valence-corrected chi connectivity index (χ3v) is 7.44. The lowest BCUT2D eigenvalue weighted by Crippen LogP contribution is -2.33. The van der Waals surface area contributed by atoms with Crippen LogP contribution in [0.15, 0.2) is 60.6 Å². The van der Waals surface area contributed by atoms with Gasteiger partial charge < -0.3 is 15.1 Å². The van der Waals surface area contributed by atoms with Gasteiger partial charge in [0.2, 0.25) is 5.91 Å². The van der Waals surface area contributed by atoms with Crippen LogP contribution in [0, 0.1) is 13.8 Å². The molecule has 2 aromatic rings. The molecular formula is C34H47N5O2. The van der Waals surface area contributed by atoms with Crippen LogP contribution in [-0.4, -0.2) is 59.1 Å². The van der Waals surface area contributed by atoms with Crippen LogP contribution in [-0.2, 0) is 4.79 Å². The first-order valence-electron chi connectivity index (χ1n) is 14.8. The lowest BCUT2D eigenvalue weighted by molar-refractivity contribution is -0.129. The highest BCUT2D eigenvalue weighted by Gasteiger charge is 2.25. The highest BCUT2D eigenvalue weighted by Crippen LogP contribution is 2.41. The minimum atomic E-state index is -0.234. The zero-order valence-electron chi connectivity index (χ0n) is 25.9. The Morgan fingerprint density at radius 3 is 2.49 bits per heavy atom. The second-order valence-corrected chi connectivity index (χ2v) is 11.1. The minimum Gasteiger partial charge on any atom is -0.369 e. The van der Waals surface area contributed by atoms with Crippen molar-refractivity contribution in [1.29, 1.82) is 0 Å². The first-order valence-corrected chi connectivity index (χ1v) is 14.8. The van der Waals surface area contributed by atoms with Gasteiger partial charge in [-0.15, -0.1) is 0 Å². The first-order chi connectivity index (χ1) is 19.7. The summed E-state index contributed by atoms with van der Waals surface area (Å²) in [5, 5.41) is 7.63. The van der Waals surface area contributed by atoms with Crippen LogP contribution >= 0.6 is 0 Å². The van der Waals surface area contributed by atoms with Crippen molar-refractivity contribution in [2.75, 3.05) is 27.7 Å². The van der Waals surface area contributed by atoms with E-state index in [4.69, 9.17) is 0 Å². The van der Waals surface area contributed by atoms with Crippen LogP contribution < -0.4 is 5.32 Å². The molecule has 41 heavy (non-hydrogen) atoms. The maximum atomic E-state index is 13.7. The van der Waals surface area contributed by atoms with Gasteiger partial charge in [0.05, 0.1) is 29.7 Å². The fraction of sp³-hybridized carbons (Fsp3) is 0.441. The number of amides is 2. The Hall–Kier alpha value is -3.87. The molecular weight excluding hydrogens is 510 g/mol. The lowest BCUT2D eigenvalue weighted by Gasteiger charge is -2.30. The van der Waals surface area contributed by atoms with Gasteiger partial charge in [0.25, 0.3) is 5.91 Å². The summed E-state index contributed by atoms with van der Waals surface area (Å²) in [6.07, 6.45) is 20.1. The summed E-state index contributed by atoms with van der Waals surface area (Å²) in [5.41, 5.74) is 6.53. The van der Waals surface area contributed by atoms with E-state index in [0.717, 1.165) is 36.1 Å². The first kappa shape index (κ1) is 31.7. The van der Waals surface area contributed by atoms with Gasteiger partial charge in [-0.05, 0) is 62.7 Å². The monoisotopic (exact) mass is 557 g/mol. The molecule has 0 spiro atoms. The van der Waals surface area contributed by atoms with E-state index in [1.165, 1.54) is 30.4 Å². The number of aryl methyl sites for hydroxylation is 1. The molecule has 0 aliphatic heterocycles. The zero-order valence-corrected chi connectivity index (χ0v) is 25.9. The van der Waals surface area contributed by atoms with Gasteiger partial charge >= 0.3 is 0 Å². The number of unbranched alkanes of at least 4 members (excludes halogenated alkanes) is 1. The van der Waals surface area contributed by atoms with Crippen molar-refractivity contribution in [2.24, 2.45) is 0 Å². The summed E-state index contributed by atoms with van der Waals surface area (Å²) in [6, 6.07) is 6.64. The number of rotatable bonds is 13. The lowest BCUT2D eigenvalue weighted by atomic mass is 9.76. The molecule has 1 N–H and O–H groups in total. The summed E-state index contributed by atoms with van der Waals surface area (Å²) in [6.45, 7) is 8.44. The Kier molecular flexibility index (Phi) is 11.7. The van der Waals surface area contributed by atoms with Gasteiger partial charge in [-0.25, -0.2) is 4.68 Å². The van der Waals surface area contributed by atoms with E-state index in [-0.39, 0.29) is 18.4 Å². The third kappa shape index (κ3) is 8.56. The molecule has 0 bridgehead atoms. The van der Waals surface area contributed by atoms with Crippen molar-refractivity contribution >= 4 is 23.6 Å². The second kappa shape index (κ2) is 15.2. The van der Waals surface area contributed by atoms with Gasteiger partial charge in [0.1, 0.15) is 0 Å². The van der Waals surface area contributed by atoms with Crippen LogP contribution in [0.25, 0.3) is 11.8 Å². The Morgan fingerprint density at radius 1 is 1.10 bits per heavy atom. The molecule has 1 saturated carbocycles. The van der Waals surface area contributed by atoms with Crippen molar-refractivity contribution in [2.45, 2.75) is 72.1 Å². The highest BCUT2D eigenvalue weighted by atomic mass is 16.2. The molecule has 7 nitrogen and oxygen atoms in total. The van der Waals surface area contributed by atoms with Crippen molar-refractivity contribution in [3.8, 4) is 0 Å². The number of carbonyl (C=O) groups is 2. The van der Waals surface area contributed by atoms with Crippen LogP contribution in [0.3, 0.4) is 0 Å². The van der Waals surface area contributed by atoms with Crippen molar-refractivity contribution in [3.05, 3.63) is 88.5 Å².